The van der Waals surface area contributed by atoms with E-state index in [1.165, 1.54) is 12.3 Å². The fourth-order valence-electron chi connectivity index (χ4n) is 1.68. The lowest BCUT2D eigenvalue weighted by atomic mass is 9.97. The monoisotopic (exact) mass is 287 g/mol. The summed E-state index contributed by atoms with van der Waals surface area (Å²) in [5, 5.41) is 20.1. The molecule has 86 valence electrons. The van der Waals surface area contributed by atoms with Gasteiger partial charge in [-0.2, -0.15) is 0 Å². The summed E-state index contributed by atoms with van der Waals surface area (Å²) in [6, 6.07) is 1.41. The summed E-state index contributed by atoms with van der Waals surface area (Å²) in [5.41, 5.74) is -0.744. The predicted octanol–water partition coefficient (Wildman–Crippen LogP) is 1.32. The van der Waals surface area contributed by atoms with Crippen LogP contribution in [0.1, 0.15) is 6.92 Å². The molecule has 1 aliphatic rings. The molecule has 1 aromatic rings. The van der Waals surface area contributed by atoms with Crippen LogP contribution in [0.15, 0.2) is 16.7 Å². The van der Waals surface area contributed by atoms with E-state index in [2.05, 4.69) is 20.9 Å². The van der Waals surface area contributed by atoms with Crippen molar-refractivity contribution < 1.29 is 10.0 Å². The van der Waals surface area contributed by atoms with Crippen molar-refractivity contribution in [3.63, 3.8) is 0 Å². The van der Waals surface area contributed by atoms with Crippen molar-refractivity contribution in [2.45, 2.75) is 12.5 Å². The molecule has 1 saturated heterocycles. The first-order chi connectivity index (χ1) is 7.39. The van der Waals surface area contributed by atoms with Gasteiger partial charge in [0.2, 0.25) is 0 Å². The quantitative estimate of drug-likeness (QED) is 0.656. The second kappa shape index (κ2) is 3.67. The minimum absolute atomic E-state index is 0.0529. The number of aromatic nitrogens is 1. The summed E-state index contributed by atoms with van der Waals surface area (Å²) in [6.45, 7) is 2.70. The van der Waals surface area contributed by atoms with Crippen molar-refractivity contribution in [1.82, 2.24) is 4.98 Å². The van der Waals surface area contributed by atoms with Crippen LogP contribution in [-0.4, -0.2) is 33.7 Å². The first kappa shape index (κ1) is 11.3. The van der Waals surface area contributed by atoms with E-state index in [1.807, 2.05) is 4.90 Å². The lowest BCUT2D eigenvalue weighted by Crippen LogP contribution is -2.60. The Morgan fingerprint density at radius 3 is 2.75 bits per heavy atom. The number of nitro groups is 1. The maximum absolute atomic E-state index is 10.5. The smallest absolute Gasteiger partial charge is 0.288 e. The molecule has 0 spiro atoms. The number of aliphatic hydroxyl groups is 1. The molecule has 6 nitrogen and oxygen atoms in total. The number of halogens is 1. The predicted molar refractivity (Wildman–Crippen MR) is 61.4 cm³/mol. The molecule has 0 aliphatic carbocycles. The Morgan fingerprint density at radius 1 is 1.69 bits per heavy atom. The largest absolute Gasteiger partial charge is 0.386 e. The van der Waals surface area contributed by atoms with Gasteiger partial charge in [0.15, 0.2) is 0 Å². The number of rotatable bonds is 2. The molecule has 0 atom stereocenters. The summed E-state index contributed by atoms with van der Waals surface area (Å²) in [4.78, 5) is 15.9. The zero-order valence-corrected chi connectivity index (χ0v) is 10.1. The second-order valence-corrected chi connectivity index (χ2v) is 4.96. The first-order valence-electron chi connectivity index (χ1n) is 4.66. The Bertz CT molecular complexity index is 442. The minimum Gasteiger partial charge on any atom is -0.386 e. The van der Waals surface area contributed by atoms with Crippen LogP contribution in [0.3, 0.4) is 0 Å². The van der Waals surface area contributed by atoms with Crippen LogP contribution in [0.25, 0.3) is 0 Å². The summed E-state index contributed by atoms with van der Waals surface area (Å²) < 4.78 is 0.567. The van der Waals surface area contributed by atoms with E-state index in [1.54, 1.807) is 6.92 Å². The fraction of sp³-hybridized carbons (Fsp3) is 0.444. The molecule has 1 aromatic heterocycles. The normalized spacial score (nSPS) is 18.1. The summed E-state index contributed by atoms with van der Waals surface area (Å²) in [7, 11) is 0. The van der Waals surface area contributed by atoms with Gasteiger partial charge >= 0.3 is 0 Å². The lowest BCUT2D eigenvalue weighted by molar-refractivity contribution is -0.385. The molecule has 1 aliphatic heterocycles. The van der Waals surface area contributed by atoms with Crippen molar-refractivity contribution >= 4 is 27.4 Å². The van der Waals surface area contributed by atoms with Crippen LogP contribution in [0.2, 0.25) is 0 Å². The van der Waals surface area contributed by atoms with E-state index in [0.717, 1.165) is 0 Å². The number of anilines is 1. The highest BCUT2D eigenvalue weighted by Gasteiger charge is 2.38. The Balaban J connectivity index is 2.21. The highest BCUT2D eigenvalue weighted by Crippen LogP contribution is 2.33. The van der Waals surface area contributed by atoms with Gasteiger partial charge in [0.05, 0.1) is 15.0 Å². The van der Waals surface area contributed by atoms with Crippen molar-refractivity contribution in [3.8, 4) is 0 Å². The highest BCUT2D eigenvalue weighted by atomic mass is 79.9. The van der Waals surface area contributed by atoms with E-state index in [9.17, 15) is 15.2 Å². The Morgan fingerprint density at radius 2 is 2.31 bits per heavy atom. The van der Waals surface area contributed by atoms with Crippen LogP contribution in [0.4, 0.5) is 11.5 Å². The van der Waals surface area contributed by atoms with Crippen molar-refractivity contribution in [2.75, 3.05) is 18.0 Å². The van der Waals surface area contributed by atoms with Crippen molar-refractivity contribution in [3.05, 3.63) is 26.9 Å². The Hall–Kier alpha value is -1.21. The molecule has 0 unspecified atom stereocenters. The average Bonchev–Trinajstić information content (AvgIpc) is 2.13. The van der Waals surface area contributed by atoms with Gasteiger partial charge in [0.25, 0.3) is 5.69 Å². The zero-order chi connectivity index (χ0) is 11.9. The molecule has 0 saturated carbocycles. The fourth-order valence-corrected chi connectivity index (χ4v) is 2.27. The maximum Gasteiger partial charge on any atom is 0.288 e. The number of pyridine rings is 1. The average molecular weight is 288 g/mol. The van der Waals surface area contributed by atoms with Gasteiger partial charge in [-0.1, -0.05) is 0 Å². The van der Waals surface area contributed by atoms with Gasteiger partial charge in [-0.25, -0.2) is 4.98 Å². The van der Waals surface area contributed by atoms with Gasteiger partial charge in [0, 0.05) is 19.2 Å². The molecule has 2 heterocycles. The molecule has 0 amide bonds. The third-order valence-electron chi connectivity index (χ3n) is 2.38. The third-order valence-corrected chi connectivity index (χ3v) is 2.96. The third kappa shape index (κ3) is 2.00. The zero-order valence-electron chi connectivity index (χ0n) is 8.55. The molecule has 0 radical (unpaired) electrons. The minimum atomic E-state index is -0.692. The molecule has 0 aromatic carbocycles. The van der Waals surface area contributed by atoms with Gasteiger partial charge in [-0.15, -0.1) is 0 Å². The number of hydrogen-bond donors (Lipinski definition) is 1. The van der Waals surface area contributed by atoms with Crippen LogP contribution in [0.5, 0.6) is 0 Å². The van der Waals surface area contributed by atoms with Crippen LogP contribution in [0, 0.1) is 10.1 Å². The van der Waals surface area contributed by atoms with E-state index in [0.29, 0.717) is 23.4 Å². The van der Waals surface area contributed by atoms with E-state index < -0.39 is 10.5 Å². The number of nitrogens with zero attached hydrogens (tertiary/aromatic N) is 3. The Labute approximate surface area is 100 Å². The highest BCUT2D eigenvalue weighted by molar-refractivity contribution is 9.10. The van der Waals surface area contributed by atoms with Crippen molar-refractivity contribution in [1.29, 1.82) is 0 Å². The maximum atomic E-state index is 10.5. The topological polar surface area (TPSA) is 79.5 Å². The van der Waals surface area contributed by atoms with Gasteiger partial charge in [-0.3, -0.25) is 10.1 Å². The van der Waals surface area contributed by atoms with Gasteiger partial charge in [-0.05, 0) is 22.9 Å². The summed E-state index contributed by atoms with van der Waals surface area (Å²) in [6.07, 6.45) is 1.22. The molecule has 1 N–H and O–H groups in total. The summed E-state index contributed by atoms with van der Waals surface area (Å²) in [5.74, 6) is 0.622. The molecular formula is C9H10BrN3O3. The molecule has 1 fully saturated rings. The SMILES string of the molecule is CC1(O)CN(c2ncc([N+](=O)[O-])cc2Br)C1. The number of β-amino-alcohol motifs (C(OH)–C–C–N with tert-alkyl or cyclic N) is 1. The number of hydrogen-bond acceptors (Lipinski definition) is 5. The molecule has 2 rings (SSSR count). The van der Waals surface area contributed by atoms with Crippen molar-refractivity contribution in [2.24, 2.45) is 0 Å². The van der Waals surface area contributed by atoms with E-state index in [4.69, 9.17) is 0 Å². The summed E-state index contributed by atoms with van der Waals surface area (Å²) >= 11 is 3.24. The second-order valence-electron chi connectivity index (χ2n) is 4.11. The van der Waals surface area contributed by atoms with E-state index >= 15 is 0 Å². The molecule has 16 heavy (non-hydrogen) atoms. The molecule has 7 heteroatoms. The molecular weight excluding hydrogens is 278 g/mol. The van der Waals surface area contributed by atoms with Crippen LogP contribution < -0.4 is 4.90 Å². The van der Waals surface area contributed by atoms with Gasteiger partial charge in [0.1, 0.15) is 12.0 Å². The standard InChI is InChI=1S/C9H10BrN3O3/c1-9(14)4-12(5-9)8-7(10)2-6(3-11-8)13(15)16/h2-3,14H,4-5H2,1H3. The lowest BCUT2D eigenvalue weighted by Gasteiger charge is -2.45. The van der Waals surface area contributed by atoms with Gasteiger partial charge < -0.3 is 10.0 Å². The van der Waals surface area contributed by atoms with E-state index in [-0.39, 0.29) is 5.69 Å². The molecule has 0 bridgehead atoms. The first-order valence-corrected chi connectivity index (χ1v) is 5.46. The van der Waals surface area contributed by atoms with Crippen LogP contribution in [-0.2, 0) is 0 Å². The Kier molecular flexibility index (Phi) is 2.59. The van der Waals surface area contributed by atoms with Crippen LogP contribution >= 0.6 is 15.9 Å².